The first-order chi connectivity index (χ1) is 14.2. The van der Waals surface area contributed by atoms with E-state index < -0.39 is 0 Å². The zero-order chi connectivity index (χ0) is 19.8. The first-order valence-electron chi connectivity index (χ1n) is 11.2. The Labute approximate surface area is 176 Å². The largest absolute Gasteiger partial charge is 0.352 e. The molecule has 6 nitrogen and oxygen atoms in total. The fourth-order valence-electron chi connectivity index (χ4n) is 5.03. The van der Waals surface area contributed by atoms with Gasteiger partial charge in [-0.2, -0.15) is 0 Å². The lowest BCUT2D eigenvalue weighted by Gasteiger charge is -2.35. The van der Waals surface area contributed by atoms with E-state index in [0.717, 1.165) is 63.9 Å². The topological polar surface area (TPSA) is 52.6 Å². The Morgan fingerprint density at radius 3 is 2.45 bits per heavy atom. The van der Waals surface area contributed by atoms with Gasteiger partial charge in [0.25, 0.3) is 0 Å². The fourth-order valence-corrected chi connectivity index (χ4v) is 6.31. The van der Waals surface area contributed by atoms with Crippen LogP contribution in [-0.2, 0) is 24.2 Å². The molecule has 0 saturated carbocycles. The van der Waals surface area contributed by atoms with E-state index in [4.69, 9.17) is 9.97 Å². The van der Waals surface area contributed by atoms with Crippen molar-refractivity contribution in [2.24, 2.45) is 0 Å². The molecule has 1 aliphatic carbocycles. The molecule has 2 aromatic rings. The van der Waals surface area contributed by atoms with Gasteiger partial charge in [0.1, 0.15) is 16.5 Å². The third kappa shape index (κ3) is 3.87. The van der Waals surface area contributed by atoms with Gasteiger partial charge in [0.15, 0.2) is 0 Å². The Morgan fingerprint density at radius 2 is 1.69 bits per heavy atom. The quantitative estimate of drug-likeness (QED) is 0.773. The molecule has 2 aromatic heterocycles. The Kier molecular flexibility index (Phi) is 5.43. The number of nitrogens with zero attached hydrogens (tertiary/aromatic N) is 5. The normalized spacial score (nSPS) is 20.9. The monoisotopic (exact) mass is 413 g/mol. The van der Waals surface area contributed by atoms with E-state index in [0.29, 0.717) is 0 Å². The van der Waals surface area contributed by atoms with E-state index in [2.05, 4.69) is 9.80 Å². The van der Waals surface area contributed by atoms with Gasteiger partial charge in [-0.3, -0.25) is 9.69 Å². The van der Waals surface area contributed by atoms with Crippen molar-refractivity contribution in [2.75, 3.05) is 44.2 Å². The zero-order valence-corrected chi connectivity index (χ0v) is 18.3. The molecule has 0 bridgehead atoms. The molecule has 0 atom stereocenters. The first kappa shape index (κ1) is 19.2. The fraction of sp³-hybridized carbons (Fsp3) is 0.682. The summed E-state index contributed by atoms with van der Waals surface area (Å²) in [6.45, 7) is 8.15. The molecule has 5 rings (SSSR count). The molecule has 156 valence electrons. The average Bonchev–Trinajstić information content (AvgIpc) is 3.12. The molecule has 2 fully saturated rings. The molecule has 0 spiro atoms. The predicted molar refractivity (Wildman–Crippen MR) is 118 cm³/mol. The predicted octanol–water partition coefficient (Wildman–Crippen LogP) is 3.22. The maximum Gasteiger partial charge on any atom is 0.219 e. The molecule has 7 heteroatoms. The summed E-state index contributed by atoms with van der Waals surface area (Å²) in [4.78, 5) is 31.5. The summed E-state index contributed by atoms with van der Waals surface area (Å²) in [5.74, 6) is 2.28. The van der Waals surface area contributed by atoms with E-state index in [1.807, 2.05) is 16.2 Å². The summed E-state index contributed by atoms with van der Waals surface area (Å²) in [6, 6.07) is 0. The molecule has 0 N–H and O–H groups in total. The van der Waals surface area contributed by atoms with Crippen molar-refractivity contribution in [3.05, 3.63) is 16.3 Å². The number of likely N-dealkylation sites (tertiary alicyclic amines) is 1. The highest BCUT2D eigenvalue weighted by Gasteiger charge is 2.27. The van der Waals surface area contributed by atoms with Crippen molar-refractivity contribution < 1.29 is 4.79 Å². The Hall–Kier alpha value is -1.73. The highest BCUT2D eigenvalue weighted by atomic mass is 32.1. The number of hydrogen-bond donors (Lipinski definition) is 0. The second-order valence-electron chi connectivity index (χ2n) is 8.68. The van der Waals surface area contributed by atoms with E-state index in [1.54, 1.807) is 6.92 Å². The minimum absolute atomic E-state index is 0.177. The van der Waals surface area contributed by atoms with Crippen LogP contribution >= 0.6 is 11.3 Å². The Balaban J connectivity index is 1.50. The number of piperazine rings is 1. The molecule has 2 saturated heterocycles. The number of carbonyl (C=O) groups excluding carboxylic acids is 1. The molecule has 4 heterocycles. The third-order valence-electron chi connectivity index (χ3n) is 6.68. The standard InChI is InChI=1S/C22H31N5OS/c1-16(28)26-11-13-27(14-12-26)21-20-17-7-3-4-8-18(17)29-22(20)24-19(23-21)15-25-9-5-2-6-10-25/h2-15H2,1H3. The van der Waals surface area contributed by atoms with E-state index in [1.165, 1.54) is 59.2 Å². The van der Waals surface area contributed by atoms with Crippen molar-refractivity contribution in [3.63, 3.8) is 0 Å². The van der Waals surface area contributed by atoms with Gasteiger partial charge >= 0.3 is 0 Å². The minimum atomic E-state index is 0.177. The van der Waals surface area contributed by atoms with Crippen LogP contribution in [0.15, 0.2) is 0 Å². The van der Waals surface area contributed by atoms with Gasteiger partial charge in [-0.1, -0.05) is 6.42 Å². The molecular weight excluding hydrogens is 382 g/mol. The number of hydrogen-bond acceptors (Lipinski definition) is 6. The second-order valence-corrected chi connectivity index (χ2v) is 9.77. The molecular formula is C22H31N5OS. The van der Waals surface area contributed by atoms with Gasteiger partial charge in [0, 0.05) is 38.0 Å². The Bertz CT molecular complexity index is 896. The number of rotatable bonds is 3. The molecule has 2 aliphatic heterocycles. The van der Waals surface area contributed by atoms with Gasteiger partial charge in [0.2, 0.25) is 5.91 Å². The number of anilines is 1. The van der Waals surface area contributed by atoms with Crippen LogP contribution in [-0.4, -0.2) is 64.9 Å². The van der Waals surface area contributed by atoms with Crippen LogP contribution in [0.2, 0.25) is 0 Å². The summed E-state index contributed by atoms with van der Waals surface area (Å²) in [5.41, 5.74) is 1.50. The molecule has 1 amide bonds. The van der Waals surface area contributed by atoms with Crippen LogP contribution < -0.4 is 4.90 Å². The SMILES string of the molecule is CC(=O)N1CCN(c2nc(CN3CCCCC3)nc3sc4c(c23)CCCC4)CC1. The van der Waals surface area contributed by atoms with Gasteiger partial charge in [-0.15, -0.1) is 11.3 Å². The van der Waals surface area contributed by atoms with Crippen LogP contribution in [0.5, 0.6) is 0 Å². The molecule has 0 aromatic carbocycles. The number of piperidine rings is 1. The lowest BCUT2D eigenvalue weighted by Crippen LogP contribution is -2.48. The maximum atomic E-state index is 11.8. The maximum absolute atomic E-state index is 11.8. The number of fused-ring (bicyclic) bond motifs is 3. The zero-order valence-electron chi connectivity index (χ0n) is 17.5. The Morgan fingerprint density at radius 1 is 0.931 bits per heavy atom. The van der Waals surface area contributed by atoms with Crippen molar-refractivity contribution in [1.29, 1.82) is 0 Å². The number of amides is 1. The van der Waals surface area contributed by atoms with Crippen LogP contribution in [0.1, 0.15) is 55.3 Å². The summed E-state index contributed by atoms with van der Waals surface area (Å²) in [7, 11) is 0. The van der Waals surface area contributed by atoms with Crippen LogP contribution in [0.3, 0.4) is 0 Å². The second kappa shape index (κ2) is 8.19. The summed E-state index contributed by atoms with van der Waals surface area (Å²) in [5, 5.41) is 1.31. The van der Waals surface area contributed by atoms with Crippen LogP contribution in [0.25, 0.3) is 10.2 Å². The van der Waals surface area contributed by atoms with Gasteiger partial charge in [0.05, 0.1) is 11.9 Å². The smallest absolute Gasteiger partial charge is 0.219 e. The van der Waals surface area contributed by atoms with E-state index in [-0.39, 0.29) is 5.91 Å². The van der Waals surface area contributed by atoms with Crippen LogP contribution in [0, 0.1) is 0 Å². The highest BCUT2D eigenvalue weighted by Crippen LogP contribution is 2.40. The van der Waals surface area contributed by atoms with E-state index >= 15 is 0 Å². The van der Waals surface area contributed by atoms with Crippen molar-refractivity contribution >= 4 is 33.3 Å². The summed E-state index contributed by atoms with van der Waals surface area (Å²) < 4.78 is 0. The summed E-state index contributed by atoms with van der Waals surface area (Å²) >= 11 is 1.90. The average molecular weight is 414 g/mol. The number of carbonyl (C=O) groups is 1. The lowest BCUT2D eigenvalue weighted by atomic mass is 9.97. The lowest BCUT2D eigenvalue weighted by molar-refractivity contribution is -0.129. The number of thiophene rings is 1. The minimum Gasteiger partial charge on any atom is -0.352 e. The van der Waals surface area contributed by atoms with Gasteiger partial charge in [-0.05, 0) is 57.2 Å². The highest BCUT2D eigenvalue weighted by molar-refractivity contribution is 7.19. The molecule has 3 aliphatic rings. The molecule has 0 unspecified atom stereocenters. The van der Waals surface area contributed by atoms with Gasteiger partial charge in [-0.25, -0.2) is 9.97 Å². The molecule has 29 heavy (non-hydrogen) atoms. The third-order valence-corrected chi connectivity index (χ3v) is 7.87. The molecule has 0 radical (unpaired) electrons. The number of aryl methyl sites for hydroxylation is 2. The first-order valence-corrected chi connectivity index (χ1v) is 12.0. The van der Waals surface area contributed by atoms with Gasteiger partial charge < -0.3 is 9.80 Å². The van der Waals surface area contributed by atoms with Crippen molar-refractivity contribution in [2.45, 2.75) is 58.4 Å². The summed E-state index contributed by atoms with van der Waals surface area (Å²) in [6.07, 6.45) is 8.83. The van der Waals surface area contributed by atoms with E-state index in [9.17, 15) is 4.79 Å². The number of aromatic nitrogens is 2. The van der Waals surface area contributed by atoms with Crippen LogP contribution in [0.4, 0.5) is 5.82 Å². The van der Waals surface area contributed by atoms with Crippen molar-refractivity contribution in [1.82, 2.24) is 19.8 Å². The van der Waals surface area contributed by atoms with Crippen molar-refractivity contribution in [3.8, 4) is 0 Å².